The summed E-state index contributed by atoms with van der Waals surface area (Å²) in [5.41, 5.74) is 20.0. The van der Waals surface area contributed by atoms with Crippen molar-refractivity contribution < 1.29 is 0 Å². The van der Waals surface area contributed by atoms with Gasteiger partial charge in [-0.15, -0.1) is 0 Å². The summed E-state index contributed by atoms with van der Waals surface area (Å²) in [5, 5.41) is 0. The molecule has 0 spiro atoms. The van der Waals surface area contributed by atoms with Crippen LogP contribution in [-0.4, -0.2) is 13.1 Å². The van der Waals surface area contributed by atoms with Crippen molar-refractivity contribution in [2.24, 2.45) is 11.5 Å². The van der Waals surface area contributed by atoms with E-state index in [1.54, 1.807) is 0 Å². The van der Waals surface area contributed by atoms with Gasteiger partial charge in [-0.05, 0) is 59.3 Å². The van der Waals surface area contributed by atoms with Crippen molar-refractivity contribution in [3.8, 4) is 0 Å². The van der Waals surface area contributed by atoms with E-state index in [-0.39, 0.29) is 10.8 Å². The van der Waals surface area contributed by atoms with Gasteiger partial charge in [0.1, 0.15) is 0 Å². The van der Waals surface area contributed by atoms with Crippen LogP contribution in [0.15, 0.2) is 36.4 Å². The number of rotatable bonds is 4. The molecule has 0 atom stereocenters. The third-order valence-electron chi connectivity index (χ3n) is 5.73. The van der Waals surface area contributed by atoms with Crippen molar-refractivity contribution in [1.29, 1.82) is 0 Å². The molecule has 0 aromatic heterocycles. The number of hydrogen-bond donors (Lipinski definition) is 2. The van der Waals surface area contributed by atoms with E-state index in [0.29, 0.717) is 13.1 Å². The molecule has 2 heteroatoms. The van der Waals surface area contributed by atoms with Crippen LogP contribution in [0.25, 0.3) is 0 Å². The van der Waals surface area contributed by atoms with Gasteiger partial charge in [0, 0.05) is 10.8 Å². The van der Waals surface area contributed by atoms with Crippen LogP contribution in [0.5, 0.6) is 0 Å². The van der Waals surface area contributed by atoms with Crippen LogP contribution in [0, 0.1) is 0 Å². The van der Waals surface area contributed by atoms with Crippen LogP contribution < -0.4 is 11.5 Å². The van der Waals surface area contributed by atoms with Crippen LogP contribution in [0.3, 0.4) is 0 Å². The number of benzene rings is 2. The minimum atomic E-state index is 0.00599. The minimum absolute atomic E-state index is 0.00599. The minimum Gasteiger partial charge on any atom is -0.330 e. The maximum Gasteiger partial charge on any atom is 0.0152 e. The van der Waals surface area contributed by atoms with Crippen LogP contribution in [0.4, 0.5) is 0 Å². The molecule has 4 N–H and O–H groups in total. The van der Waals surface area contributed by atoms with E-state index >= 15 is 0 Å². The molecule has 0 saturated carbocycles. The van der Waals surface area contributed by atoms with E-state index < -0.39 is 0 Å². The Morgan fingerprint density at radius 1 is 0.625 bits per heavy atom. The number of fused-ring (bicyclic) bond motifs is 2. The van der Waals surface area contributed by atoms with Gasteiger partial charge in [-0.25, -0.2) is 0 Å². The Balaban J connectivity index is 2.22. The highest BCUT2D eigenvalue weighted by molar-refractivity contribution is 5.59. The van der Waals surface area contributed by atoms with Gasteiger partial charge in [-0.2, -0.15) is 0 Å². The molecule has 128 valence electrons. The average molecular weight is 322 g/mol. The maximum absolute atomic E-state index is 5.77. The Labute approximate surface area is 146 Å². The SMILES string of the molecule is CC1(C)c2ccc(CCN)cc2C(C)(C)c2ccc(CCN)cc21. The van der Waals surface area contributed by atoms with Crippen molar-refractivity contribution in [1.82, 2.24) is 0 Å². The van der Waals surface area contributed by atoms with Crippen LogP contribution in [-0.2, 0) is 23.7 Å². The summed E-state index contributed by atoms with van der Waals surface area (Å²) in [6.45, 7) is 10.8. The van der Waals surface area contributed by atoms with Gasteiger partial charge in [0.2, 0.25) is 0 Å². The summed E-state index contributed by atoms with van der Waals surface area (Å²) in [6.07, 6.45) is 1.87. The molecule has 0 saturated heterocycles. The molecule has 0 fully saturated rings. The summed E-state index contributed by atoms with van der Waals surface area (Å²) in [4.78, 5) is 0. The summed E-state index contributed by atoms with van der Waals surface area (Å²) in [6, 6.07) is 13.9. The third kappa shape index (κ3) is 2.58. The largest absolute Gasteiger partial charge is 0.330 e. The highest BCUT2D eigenvalue weighted by atomic mass is 14.5. The Hall–Kier alpha value is -1.64. The maximum atomic E-state index is 5.77. The third-order valence-corrected chi connectivity index (χ3v) is 5.73. The number of hydrogen-bond acceptors (Lipinski definition) is 2. The zero-order valence-corrected chi connectivity index (χ0v) is 15.4. The molecular formula is C22H30N2. The highest BCUT2D eigenvalue weighted by Gasteiger charge is 2.41. The second-order valence-corrected chi connectivity index (χ2v) is 8.09. The van der Waals surface area contributed by atoms with Gasteiger partial charge >= 0.3 is 0 Å². The van der Waals surface area contributed by atoms with Crippen LogP contribution in [0.1, 0.15) is 61.1 Å². The molecule has 0 aliphatic heterocycles. The molecular weight excluding hydrogens is 292 g/mol. The quantitative estimate of drug-likeness (QED) is 0.902. The molecule has 2 aromatic rings. The lowest BCUT2D eigenvalue weighted by atomic mass is 9.59. The molecule has 0 bridgehead atoms. The fourth-order valence-corrected chi connectivity index (χ4v) is 4.24. The van der Waals surface area contributed by atoms with Crippen molar-refractivity contribution >= 4 is 0 Å². The van der Waals surface area contributed by atoms with Crippen molar-refractivity contribution in [2.45, 2.75) is 51.4 Å². The smallest absolute Gasteiger partial charge is 0.0152 e. The molecule has 0 radical (unpaired) electrons. The van der Waals surface area contributed by atoms with Gasteiger partial charge in [-0.3, -0.25) is 0 Å². The molecule has 2 aromatic carbocycles. The van der Waals surface area contributed by atoms with Crippen LogP contribution >= 0.6 is 0 Å². The fourth-order valence-electron chi connectivity index (χ4n) is 4.24. The molecule has 24 heavy (non-hydrogen) atoms. The Morgan fingerprint density at radius 3 is 1.33 bits per heavy atom. The molecule has 0 amide bonds. The van der Waals surface area contributed by atoms with Gasteiger partial charge in [0.25, 0.3) is 0 Å². The van der Waals surface area contributed by atoms with Gasteiger partial charge in [0.15, 0.2) is 0 Å². The van der Waals surface area contributed by atoms with E-state index in [1.807, 2.05) is 0 Å². The van der Waals surface area contributed by atoms with Crippen LogP contribution in [0.2, 0.25) is 0 Å². The van der Waals surface area contributed by atoms with E-state index in [4.69, 9.17) is 11.5 Å². The van der Waals surface area contributed by atoms with Crippen molar-refractivity contribution in [2.75, 3.05) is 13.1 Å². The van der Waals surface area contributed by atoms with E-state index in [0.717, 1.165) is 12.8 Å². The normalized spacial score (nSPS) is 17.2. The van der Waals surface area contributed by atoms with Gasteiger partial charge in [0.05, 0.1) is 0 Å². The van der Waals surface area contributed by atoms with Gasteiger partial charge in [-0.1, -0.05) is 64.1 Å². The second-order valence-electron chi connectivity index (χ2n) is 8.09. The zero-order chi connectivity index (χ0) is 17.5. The van der Waals surface area contributed by atoms with E-state index in [9.17, 15) is 0 Å². The second kappa shape index (κ2) is 6.02. The summed E-state index contributed by atoms with van der Waals surface area (Å²) < 4.78 is 0. The first-order chi connectivity index (χ1) is 11.3. The summed E-state index contributed by atoms with van der Waals surface area (Å²) in [5.74, 6) is 0. The lowest BCUT2D eigenvalue weighted by Crippen LogP contribution is -2.36. The molecule has 3 rings (SSSR count). The highest BCUT2D eigenvalue weighted by Crippen LogP contribution is 2.50. The topological polar surface area (TPSA) is 52.0 Å². The fraction of sp³-hybridized carbons (Fsp3) is 0.455. The first-order valence-electron chi connectivity index (χ1n) is 9.00. The van der Waals surface area contributed by atoms with E-state index in [2.05, 4.69) is 64.1 Å². The average Bonchev–Trinajstić information content (AvgIpc) is 2.54. The monoisotopic (exact) mass is 322 g/mol. The number of nitrogens with two attached hydrogens (primary N) is 2. The van der Waals surface area contributed by atoms with Gasteiger partial charge < -0.3 is 11.5 Å². The Morgan fingerprint density at radius 2 is 1.00 bits per heavy atom. The Bertz CT molecular complexity index is 691. The van der Waals surface area contributed by atoms with E-state index in [1.165, 1.54) is 33.4 Å². The Kier molecular flexibility index (Phi) is 4.31. The van der Waals surface area contributed by atoms with Crippen molar-refractivity contribution in [3.05, 3.63) is 69.8 Å². The standard InChI is InChI=1S/C22H30N2/c1-21(2)17-7-5-16(10-12-24)14-20(17)22(3,4)18-8-6-15(9-11-23)13-19(18)21/h5-8,13-14H,9-12,23-24H2,1-4H3. The first kappa shape index (κ1) is 17.2. The predicted molar refractivity (Wildman–Crippen MR) is 103 cm³/mol. The summed E-state index contributed by atoms with van der Waals surface area (Å²) >= 11 is 0. The molecule has 1 aliphatic carbocycles. The predicted octanol–water partition coefficient (Wildman–Crippen LogP) is 3.65. The molecule has 2 nitrogen and oxygen atoms in total. The first-order valence-corrected chi connectivity index (χ1v) is 9.00. The lowest BCUT2D eigenvalue weighted by molar-refractivity contribution is 0.519. The van der Waals surface area contributed by atoms with Crippen molar-refractivity contribution in [3.63, 3.8) is 0 Å². The zero-order valence-electron chi connectivity index (χ0n) is 15.4. The molecule has 0 heterocycles. The summed E-state index contributed by atoms with van der Waals surface area (Å²) in [7, 11) is 0. The lowest BCUT2D eigenvalue weighted by Gasteiger charge is -2.44. The molecule has 0 unspecified atom stereocenters. The molecule has 1 aliphatic rings.